The lowest BCUT2D eigenvalue weighted by Crippen LogP contribution is -2.55. The number of halogens is 2. The number of allylic oxidation sites excluding steroid dienone is 5. The third kappa shape index (κ3) is 10.8. The van der Waals surface area contributed by atoms with Crippen LogP contribution in [0.4, 0.5) is 13.6 Å². The van der Waals surface area contributed by atoms with Crippen molar-refractivity contribution in [3.8, 4) is 0 Å². The monoisotopic (exact) mass is 929 g/mol. The summed E-state index contributed by atoms with van der Waals surface area (Å²) in [4.78, 5) is 63.5. The van der Waals surface area contributed by atoms with E-state index >= 15 is 0 Å². The Morgan fingerprint density at radius 3 is 2.40 bits per heavy atom. The quantitative estimate of drug-likeness (QED) is 0.0764. The van der Waals surface area contributed by atoms with Crippen molar-refractivity contribution in [3.05, 3.63) is 70.1 Å². The molecule has 5 atom stereocenters. The molecule has 67 heavy (non-hydrogen) atoms. The molecule has 5 unspecified atom stereocenters. The number of rotatable bonds is 16. The molecule has 5 amide bonds. The van der Waals surface area contributed by atoms with E-state index in [1.807, 2.05) is 28.0 Å². The van der Waals surface area contributed by atoms with Crippen LogP contribution in [0.5, 0.6) is 0 Å². The minimum Gasteiger partial charge on any atom is -0.393 e. The van der Waals surface area contributed by atoms with Crippen molar-refractivity contribution in [1.29, 1.82) is 10.8 Å². The minimum atomic E-state index is -2.70. The molecule has 0 saturated carbocycles. The zero-order valence-electron chi connectivity index (χ0n) is 39.2. The molecule has 18 heteroatoms. The Bertz CT molecular complexity index is 2100. The van der Waals surface area contributed by atoms with Gasteiger partial charge in [0, 0.05) is 139 Å². The number of carbonyl (C=O) groups excluding carboxylic acids is 4. The van der Waals surface area contributed by atoms with Crippen molar-refractivity contribution in [3.63, 3.8) is 0 Å². The highest BCUT2D eigenvalue weighted by Crippen LogP contribution is 2.39. The molecule has 364 valence electrons. The molecule has 6 N–H and O–H groups in total. The smallest absolute Gasteiger partial charge is 0.321 e. The second-order valence-electron chi connectivity index (χ2n) is 19.3. The predicted molar refractivity (Wildman–Crippen MR) is 254 cm³/mol. The Morgan fingerprint density at radius 2 is 1.70 bits per heavy atom. The summed E-state index contributed by atoms with van der Waals surface area (Å²) in [6.07, 6.45) is 17.5. The van der Waals surface area contributed by atoms with E-state index in [9.17, 15) is 33.4 Å². The van der Waals surface area contributed by atoms with Gasteiger partial charge in [-0.3, -0.25) is 25.1 Å². The first-order valence-corrected chi connectivity index (χ1v) is 24.6. The number of likely N-dealkylation sites (tertiary alicyclic amines) is 2. The van der Waals surface area contributed by atoms with Gasteiger partial charge in [-0.15, -0.1) is 0 Å². The van der Waals surface area contributed by atoms with Crippen molar-refractivity contribution < 1.29 is 28.0 Å². The van der Waals surface area contributed by atoms with E-state index in [1.165, 1.54) is 5.57 Å². The summed E-state index contributed by atoms with van der Waals surface area (Å²) in [7, 11) is 3.49. The topological polar surface area (TPSA) is 184 Å². The van der Waals surface area contributed by atoms with Crippen molar-refractivity contribution in [2.75, 3.05) is 86.1 Å². The zero-order valence-corrected chi connectivity index (χ0v) is 39.2. The molecule has 8 aliphatic rings. The number of nitrogens with zero attached hydrogens (tertiary/aromatic N) is 6. The van der Waals surface area contributed by atoms with Crippen molar-refractivity contribution in [2.24, 2.45) is 5.92 Å². The van der Waals surface area contributed by atoms with Crippen LogP contribution in [-0.2, 0) is 14.4 Å². The number of alkyl halides is 2. The fourth-order valence-electron chi connectivity index (χ4n) is 11.6. The van der Waals surface area contributed by atoms with E-state index in [0.29, 0.717) is 56.0 Å². The van der Waals surface area contributed by atoms with E-state index in [-0.39, 0.29) is 59.9 Å². The first kappa shape index (κ1) is 48.3. The van der Waals surface area contributed by atoms with Crippen LogP contribution >= 0.6 is 0 Å². The van der Waals surface area contributed by atoms with Gasteiger partial charge in [-0.05, 0) is 75.6 Å². The third-order valence-electron chi connectivity index (χ3n) is 15.2. The Hall–Kier alpha value is -5.20. The van der Waals surface area contributed by atoms with Crippen LogP contribution in [0.15, 0.2) is 70.1 Å². The maximum Gasteiger partial charge on any atom is 0.321 e. The maximum absolute atomic E-state index is 14.5. The number of hydrogen-bond donors (Lipinski definition) is 6. The number of likely N-dealkylation sites (N-methyl/N-ethyl adjacent to an activating group) is 1. The number of hydrogen-bond acceptors (Lipinski definition) is 11. The minimum absolute atomic E-state index is 0.0402. The van der Waals surface area contributed by atoms with Crippen molar-refractivity contribution >= 4 is 35.8 Å². The SMILES string of the molecule is CN/C=C(\C=N)C1=CC2CCCN(C(=N)C3=C(NC4CCN(C(=O)CCCN5CCN(CCCC6=CC=CC7C6N(C)C(=O)N7C6CCC(=O)NC6=O)CC5)CC4)CCNC3)C2C=C1C(F)F. The van der Waals surface area contributed by atoms with Gasteiger partial charge >= 0.3 is 6.03 Å². The highest BCUT2D eigenvalue weighted by molar-refractivity contribution is 6.02. The highest BCUT2D eigenvalue weighted by Gasteiger charge is 2.50. The van der Waals surface area contributed by atoms with Crippen LogP contribution in [0.25, 0.3) is 0 Å². The summed E-state index contributed by atoms with van der Waals surface area (Å²) in [6.45, 7) is 9.08. The number of piperidine rings is 3. The van der Waals surface area contributed by atoms with E-state index in [4.69, 9.17) is 5.41 Å². The van der Waals surface area contributed by atoms with Gasteiger partial charge in [-0.2, -0.15) is 0 Å². The van der Waals surface area contributed by atoms with Gasteiger partial charge in [0.05, 0.1) is 18.1 Å². The van der Waals surface area contributed by atoms with Gasteiger partial charge in [-0.1, -0.05) is 30.4 Å². The van der Waals surface area contributed by atoms with Crippen LogP contribution < -0.4 is 21.3 Å². The van der Waals surface area contributed by atoms with Crippen LogP contribution in [-0.4, -0.2) is 188 Å². The Kier molecular flexibility index (Phi) is 15.7. The van der Waals surface area contributed by atoms with E-state index in [0.717, 1.165) is 115 Å². The lowest BCUT2D eigenvalue weighted by molar-refractivity contribution is -0.137. The van der Waals surface area contributed by atoms with E-state index in [1.54, 1.807) is 36.2 Å². The normalized spacial score (nSPS) is 28.0. The van der Waals surface area contributed by atoms with Gasteiger partial charge in [0.2, 0.25) is 17.7 Å². The summed E-state index contributed by atoms with van der Waals surface area (Å²) >= 11 is 0. The van der Waals surface area contributed by atoms with E-state index in [2.05, 4.69) is 37.1 Å². The molecule has 6 heterocycles. The van der Waals surface area contributed by atoms with Gasteiger partial charge in [0.1, 0.15) is 11.9 Å². The standard InChI is InChI=1S/C49H70F2N12O4/c1-54-30-34(29-52)36-27-33-9-5-20-62(42(33)28-37(36)46(50)51)47(53)38-31-55-17-14-39(38)56-35-15-21-61(22-16-35)44(65)11-6-19-60-25-23-59(24-26-60)18-4-8-32-7-3-10-40-45(32)58(2)49(67)63(40)41-12-13-43(64)57-48(41)66/h3,7,10,27-30,33,35,40-42,45-46,52-56H,4-6,8-9,11-26,31H2,1-2H3,(H,57,64,66)/b34-30+,52-29?,53-47?. The van der Waals surface area contributed by atoms with Crippen LogP contribution in [0, 0.1) is 16.7 Å². The van der Waals surface area contributed by atoms with Crippen LogP contribution in [0.2, 0.25) is 0 Å². The molecule has 2 aliphatic carbocycles. The lowest BCUT2D eigenvalue weighted by atomic mass is 9.78. The molecule has 0 aromatic rings. The second-order valence-corrected chi connectivity index (χ2v) is 19.3. The van der Waals surface area contributed by atoms with Crippen molar-refractivity contribution in [1.82, 2.24) is 50.7 Å². The number of amides is 5. The average Bonchev–Trinajstić information content (AvgIpc) is 3.59. The van der Waals surface area contributed by atoms with E-state index < -0.39 is 18.4 Å². The molecule has 0 spiro atoms. The largest absolute Gasteiger partial charge is 0.393 e. The summed E-state index contributed by atoms with van der Waals surface area (Å²) in [5, 5.41) is 29.8. The molecule has 0 aromatic carbocycles. The van der Waals surface area contributed by atoms with Crippen LogP contribution in [0.1, 0.15) is 70.6 Å². The fraction of sp³-hybridized carbons (Fsp3) is 0.633. The lowest BCUT2D eigenvalue weighted by Gasteiger charge is -2.44. The Labute approximate surface area is 393 Å². The average molecular weight is 929 g/mol. The molecular weight excluding hydrogens is 859 g/mol. The molecule has 0 aromatic heterocycles. The van der Waals surface area contributed by atoms with Gasteiger partial charge in [0.15, 0.2) is 0 Å². The number of imide groups is 1. The van der Waals surface area contributed by atoms with Gasteiger partial charge < -0.3 is 50.8 Å². The highest BCUT2D eigenvalue weighted by atomic mass is 19.3. The first-order chi connectivity index (χ1) is 32.4. The number of carbonyl (C=O) groups is 4. The van der Waals surface area contributed by atoms with Gasteiger partial charge in [-0.25, -0.2) is 13.6 Å². The van der Waals surface area contributed by atoms with Crippen molar-refractivity contribution in [2.45, 2.75) is 107 Å². The molecule has 16 nitrogen and oxygen atoms in total. The molecular formula is C49H70F2N12O4. The fourth-order valence-corrected chi connectivity index (χ4v) is 11.6. The zero-order chi connectivity index (χ0) is 47.2. The first-order valence-electron chi connectivity index (χ1n) is 24.6. The maximum atomic E-state index is 14.5. The summed E-state index contributed by atoms with van der Waals surface area (Å²) in [6, 6.07) is -1.33. The summed E-state index contributed by atoms with van der Waals surface area (Å²) in [5.74, 6) is -0.138. The summed E-state index contributed by atoms with van der Waals surface area (Å²) < 4.78 is 29.0. The van der Waals surface area contributed by atoms with Crippen LogP contribution in [0.3, 0.4) is 0 Å². The third-order valence-corrected chi connectivity index (χ3v) is 15.2. The van der Waals surface area contributed by atoms with Gasteiger partial charge in [0.25, 0.3) is 6.43 Å². The molecule has 6 aliphatic heterocycles. The molecule has 5 fully saturated rings. The second kappa shape index (κ2) is 21.8. The molecule has 5 saturated heterocycles. The Balaban J connectivity index is 0.746. The number of fused-ring (bicyclic) bond motifs is 2. The molecule has 0 radical (unpaired) electrons. The predicted octanol–water partition coefficient (Wildman–Crippen LogP) is 3.34. The number of nitrogens with one attached hydrogen (secondary N) is 6. The number of amidine groups is 1. The number of urea groups is 1. The Morgan fingerprint density at radius 1 is 0.955 bits per heavy atom. The summed E-state index contributed by atoms with van der Waals surface area (Å²) in [5.41, 5.74) is 3.84. The number of piperazine rings is 1. The molecule has 8 rings (SSSR count). The molecule has 0 bridgehead atoms.